The van der Waals surface area contributed by atoms with Crippen molar-refractivity contribution in [1.82, 2.24) is 0 Å². The lowest BCUT2D eigenvalue weighted by Gasteiger charge is -2.11. The zero-order valence-electron chi connectivity index (χ0n) is 12.8. The van der Waals surface area contributed by atoms with Crippen LogP contribution in [0.3, 0.4) is 0 Å². The summed E-state index contributed by atoms with van der Waals surface area (Å²) < 4.78 is 10.4. The van der Waals surface area contributed by atoms with E-state index < -0.39 is 0 Å². The van der Waals surface area contributed by atoms with E-state index >= 15 is 0 Å². The van der Waals surface area contributed by atoms with Crippen molar-refractivity contribution < 1.29 is 14.3 Å². The Labute approximate surface area is 139 Å². The molecule has 2 rings (SSSR count). The number of amides is 1. The predicted molar refractivity (Wildman–Crippen MR) is 89.8 cm³/mol. The number of methoxy groups -OCH3 is 2. The van der Waals surface area contributed by atoms with Crippen LogP contribution in [0.15, 0.2) is 47.4 Å². The molecule has 0 aromatic heterocycles. The number of carbonyl (C=O) groups is 1. The van der Waals surface area contributed by atoms with Crippen LogP contribution in [0.25, 0.3) is 0 Å². The topological polar surface area (TPSA) is 71.3 Å². The quantitative estimate of drug-likeness (QED) is 0.649. The molecule has 1 N–H and O–H groups in total. The van der Waals surface area contributed by atoms with Crippen LogP contribution in [-0.2, 0) is 11.2 Å². The first kappa shape index (κ1) is 16.7. The Balaban J connectivity index is 2.03. The van der Waals surface area contributed by atoms with E-state index in [1.807, 2.05) is 11.5 Å². The summed E-state index contributed by atoms with van der Waals surface area (Å²) in [6.45, 7) is 0. The van der Waals surface area contributed by atoms with Crippen molar-refractivity contribution >= 4 is 23.4 Å². The van der Waals surface area contributed by atoms with Gasteiger partial charge in [-0.3, -0.25) is 4.79 Å². The minimum Gasteiger partial charge on any atom is -0.497 e. The second-order valence-electron chi connectivity index (χ2n) is 4.62. The molecule has 2 aromatic carbocycles. The highest BCUT2D eigenvalue weighted by atomic mass is 32.2. The van der Waals surface area contributed by atoms with Crippen molar-refractivity contribution in [3.8, 4) is 16.9 Å². The summed E-state index contributed by atoms with van der Waals surface area (Å²) in [5.74, 6) is 1.14. The highest BCUT2D eigenvalue weighted by Gasteiger charge is 2.10. The first-order valence-corrected chi connectivity index (χ1v) is 7.64. The molecule has 5 nitrogen and oxygen atoms in total. The van der Waals surface area contributed by atoms with E-state index in [1.54, 1.807) is 50.6 Å². The van der Waals surface area contributed by atoms with E-state index in [1.165, 1.54) is 0 Å². The fraction of sp³-hybridized carbons (Fsp3) is 0.176. The van der Waals surface area contributed by atoms with E-state index in [4.69, 9.17) is 14.7 Å². The molecule has 0 spiro atoms. The molecule has 0 aliphatic heterocycles. The van der Waals surface area contributed by atoms with Gasteiger partial charge in [0.05, 0.1) is 20.6 Å². The molecule has 118 valence electrons. The number of thiocyanates is 1. The van der Waals surface area contributed by atoms with Crippen LogP contribution in [0.4, 0.5) is 5.69 Å². The Bertz CT molecular complexity index is 724. The lowest BCUT2D eigenvalue weighted by Crippen LogP contribution is -2.14. The first-order chi connectivity index (χ1) is 11.2. The maximum Gasteiger partial charge on any atom is 0.228 e. The number of hydrogen-bond acceptors (Lipinski definition) is 5. The van der Waals surface area contributed by atoms with E-state index in [9.17, 15) is 4.79 Å². The third kappa shape index (κ3) is 4.66. The number of nitrogens with one attached hydrogen (secondary N) is 1. The van der Waals surface area contributed by atoms with Crippen LogP contribution >= 0.6 is 11.8 Å². The number of nitriles is 1. The van der Waals surface area contributed by atoms with Gasteiger partial charge in [0.15, 0.2) is 0 Å². The molecule has 0 aliphatic carbocycles. The van der Waals surface area contributed by atoms with Crippen molar-refractivity contribution in [2.75, 3.05) is 19.5 Å². The van der Waals surface area contributed by atoms with Gasteiger partial charge in [-0.1, -0.05) is 6.07 Å². The van der Waals surface area contributed by atoms with Gasteiger partial charge in [0.2, 0.25) is 5.91 Å². The number of carbonyl (C=O) groups excluding carboxylic acids is 1. The van der Waals surface area contributed by atoms with E-state index in [0.29, 0.717) is 17.2 Å². The SMILES string of the molecule is COc1ccc(CC(=O)Nc2ccc(SC#N)cc2)c(OC)c1. The smallest absolute Gasteiger partial charge is 0.228 e. The molecule has 0 atom stereocenters. The van der Waals surface area contributed by atoms with Crippen molar-refractivity contribution in [2.24, 2.45) is 0 Å². The lowest BCUT2D eigenvalue weighted by molar-refractivity contribution is -0.115. The number of hydrogen-bond donors (Lipinski definition) is 1. The number of nitrogens with zero attached hydrogens (tertiary/aromatic N) is 1. The predicted octanol–water partition coefficient (Wildman–Crippen LogP) is 3.46. The standard InChI is InChI=1S/C17H16N2O3S/c1-21-14-6-3-12(16(10-14)22-2)9-17(20)19-13-4-7-15(8-5-13)23-11-18/h3-8,10H,9H2,1-2H3,(H,19,20). The Morgan fingerprint density at radius 1 is 1.17 bits per heavy atom. The zero-order valence-corrected chi connectivity index (χ0v) is 13.6. The largest absolute Gasteiger partial charge is 0.497 e. The Hall–Kier alpha value is -2.65. The van der Waals surface area contributed by atoms with Crippen molar-refractivity contribution in [2.45, 2.75) is 11.3 Å². The fourth-order valence-electron chi connectivity index (χ4n) is 2.04. The summed E-state index contributed by atoms with van der Waals surface area (Å²) in [6.07, 6.45) is 0.196. The van der Waals surface area contributed by atoms with Gasteiger partial charge in [-0.2, -0.15) is 5.26 Å². The van der Waals surface area contributed by atoms with Gasteiger partial charge < -0.3 is 14.8 Å². The van der Waals surface area contributed by atoms with Crippen LogP contribution in [-0.4, -0.2) is 20.1 Å². The summed E-state index contributed by atoms with van der Waals surface area (Å²) >= 11 is 1.08. The second kappa shape index (κ2) is 8.11. The van der Waals surface area contributed by atoms with Crippen LogP contribution in [0, 0.1) is 10.7 Å². The molecule has 0 heterocycles. The van der Waals surface area contributed by atoms with E-state index in [-0.39, 0.29) is 12.3 Å². The zero-order chi connectivity index (χ0) is 16.7. The molecule has 2 aromatic rings. The van der Waals surface area contributed by atoms with Gasteiger partial charge in [-0.05, 0) is 42.1 Å². The Kier molecular flexibility index (Phi) is 5.89. The maximum absolute atomic E-state index is 12.2. The molecule has 0 aliphatic rings. The Morgan fingerprint density at radius 2 is 1.91 bits per heavy atom. The summed E-state index contributed by atoms with van der Waals surface area (Å²) in [4.78, 5) is 13.0. The minimum absolute atomic E-state index is 0.144. The highest BCUT2D eigenvalue weighted by Crippen LogP contribution is 2.25. The molecule has 0 radical (unpaired) electrons. The molecule has 1 amide bonds. The number of rotatable bonds is 6. The average Bonchev–Trinajstić information content (AvgIpc) is 2.57. The molecule has 6 heteroatoms. The van der Waals surface area contributed by atoms with Gasteiger partial charge in [0.1, 0.15) is 16.9 Å². The van der Waals surface area contributed by atoms with Crippen molar-refractivity contribution in [3.05, 3.63) is 48.0 Å². The van der Waals surface area contributed by atoms with Gasteiger partial charge in [-0.25, -0.2) is 0 Å². The number of benzene rings is 2. The first-order valence-electron chi connectivity index (χ1n) is 6.83. The lowest BCUT2D eigenvalue weighted by atomic mass is 10.1. The van der Waals surface area contributed by atoms with Gasteiger partial charge in [-0.15, -0.1) is 0 Å². The molecule has 0 saturated heterocycles. The molecule has 0 saturated carbocycles. The molecule has 0 fully saturated rings. The third-order valence-corrected chi connectivity index (χ3v) is 3.75. The molecule has 0 unspecified atom stereocenters. The third-order valence-electron chi connectivity index (χ3n) is 3.15. The van der Waals surface area contributed by atoms with Gasteiger partial charge in [0.25, 0.3) is 0 Å². The summed E-state index contributed by atoms with van der Waals surface area (Å²) in [5.41, 5.74) is 1.47. The summed E-state index contributed by atoms with van der Waals surface area (Å²) in [6, 6.07) is 12.5. The van der Waals surface area contributed by atoms with E-state index in [2.05, 4.69) is 5.32 Å². The maximum atomic E-state index is 12.2. The van der Waals surface area contributed by atoms with Crippen LogP contribution in [0.5, 0.6) is 11.5 Å². The van der Waals surface area contributed by atoms with E-state index in [0.717, 1.165) is 22.2 Å². The van der Waals surface area contributed by atoms with Crippen LogP contribution < -0.4 is 14.8 Å². The highest BCUT2D eigenvalue weighted by molar-refractivity contribution is 8.03. The molecule has 23 heavy (non-hydrogen) atoms. The normalized spacial score (nSPS) is 9.78. The number of anilines is 1. The minimum atomic E-state index is -0.144. The van der Waals surface area contributed by atoms with Crippen molar-refractivity contribution in [3.63, 3.8) is 0 Å². The fourth-order valence-corrected chi connectivity index (χ4v) is 2.41. The molecule has 0 bridgehead atoms. The number of thioether (sulfide) groups is 1. The molecular weight excluding hydrogens is 312 g/mol. The van der Waals surface area contributed by atoms with Crippen molar-refractivity contribution in [1.29, 1.82) is 5.26 Å². The van der Waals surface area contributed by atoms with Crippen LogP contribution in [0.2, 0.25) is 0 Å². The summed E-state index contributed by atoms with van der Waals surface area (Å²) in [7, 11) is 3.14. The van der Waals surface area contributed by atoms with Gasteiger partial charge >= 0.3 is 0 Å². The summed E-state index contributed by atoms with van der Waals surface area (Å²) in [5, 5.41) is 13.4. The monoisotopic (exact) mass is 328 g/mol. The second-order valence-corrected chi connectivity index (χ2v) is 5.48. The number of ether oxygens (including phenoxy) is 2. The van der Waals surface area contributed by atoms with Crippen LogP contribution in [0.1, 0.15) is 5.56 Å². The van der Waals surface area contributed by atoms with Gasteiger partial charge in [0, 0.05) is 22.2 Å². The Morgan fingerprint density at radius 3 is 2.52 bits per heavy atom. The molecular formula is C17H16N2O3S. The average molecular weight is 328 g/mol.